The second kappa shape index (κ2) is 5.03. The van der Waals surface area contributed by atoms with Crippen LogP contribution in [-0.4, -0.2) is 16.9 Å². The number of Topliss-reactive ketones (excluding diaryl/α,β-unsaturated/α-hetero) is 1. The molecule has 1 rings (SSSR count). The van der Waals surface area contributed by atoms with Crippen LogP contribution in [0.4, 0.5) is 8.78 Å². The van der Waals surface area contributed by atoms with Crippen molar-refractivity contribution in [2.75, 3.05) is 0 Å². The molecule has 1 atom stereocenters. The van der Waals surface area contributed by atoms with Gasteiger partial charge in [0.15, 0.2) is 17.4 Å². The van der Waals surface area contributed by atoms with Crippen LogP contribution < -0.4 is 0 Å². The molecule has 0 aliphatic heterocycles. The maximum atomic E-state index is 12.9. The van der Waals surface area contributed by atoms with Gasteiger partial charge in [-0.3, -0.25) is 9.59 Å². The Morgan fingerprint density at radius 3 is 2.18 bits per heavy atom. The van der Waals surface area contributed by atoms with Gasteiger partial charge < -0.3 is 5.11 Å². The Labute approximate surface area is 97.1 Å². The number of halogens is 2. The molecular formula is C12H12F2O3. The van der Waals surface area contributed by atoms with Gasteiger partial charge >= 0.3 is 5.97 Å². The first-order chi connectivity index (χ1) is 7.84. The lowest BCUT2D eigenvalue weighted by molar-refractivity contribution is -0.141. The number of hydrogen-bond donors (Lipinski definition) is 1. The standard InChI is InChI=1S/C12H12F2O3/c1-6(2)10(12(16)17)11(15)7-3-4-8(13)9(14)5-7/h3-6,10H,1-2H3,(H,16,17). The van der Waals surface area contributed by atoms with Gasteiger partial charge in [-0.1, -0.05) is 13.8 Å². The number of carbonyl (C=O) groups is 2. The number of ketones is 1. The van der Waals surface area contributed by atoms with E-state index in [1.807, 2.05) is 0 Å². The average Bonchev–Trinajstić information content (AvgIpc) is 2.20. The van der Waals surface area contributed by atoms with Gasteiger partial charge in [-0.15, -0.1) is 0 Å². The molecule has 0 aliphatic rings. The normalized spacial score (nSPS) is 12.5. The van der Waals surface area contributed by atoms with E-state index in [4.69, 9.17) is 5.11 Å². The van der Waals surface area contributed by atoms with Crippen LogP contribution >= 0.6 is 0 Å². The molecule has 0 radical (unpaired) electrons. The lowest BCUT2D eigenvalue weighted by Gasteiger charge is -2.14. The first-order valence-corrected chi connectivity index (χ1v) is 5.06. The third-order valence-corrected chi connectivity index (χ3v) is 2.42. The van der Waals surface area contributed by atoms with E-state index >= 15 is 0 Å². The van der Waals surface area contributed by atoms with Crippen LogP contribution in [0.25, 0.3) is 0 Å². The molecule has 0 amide bonds. The van der Waals surface area contributed by atoms with Crippen LogP contribution in [0.15, 0.2) is 18.2 Å². The monoisotopic (exact) mass is 242 g/mol. The summed E-state index contributed by atoms with van der Waals surface area (Å²) < 4.78 is 25.6. The molecule has 92 valence electrons. The van der Waals surface area contributed by atoms with Gasteiger partial charge in [0.1, 0.15) is 5.92 Å². The van der Waals surface area contributed by atoms with E-state index in [1.54, 1.807) is 13.8 Å². The smallest absolute Gasteiger partial charge is 0.314 e. The van der Waals surface area contributed by atoms with Crippen LogP contribution in [-0.2, 0) is 4.79 Å². The number of carboxylic acid groups (broad SMARTS) is 1. The van der Waals surface area contributed by atoms with Crippen LogP contribution in [0.3, 0.4) is 0 Å². The number of hydrogen-bond acceptors (Lipinski definition) is 2. The highest BCUT2D eigenvalue weighted by atomic mass is 19.2. The quantitative estimate of drug-likeness (QED) is 0.652. The number of aliphatic carboxylic acids is 1. The third kappa shape index (κ3) is 2.87. The summed E-state index contributed by atoms with van der Waals surface area (Å²) in [6.07, 6.45) is 0. The Balaban J connectivity index is 3.10. The largest absolute Gasteiger partial charge is 0.481 e. The molecule has 0 spiro atoms. The molecule has 0 saturated carbocycles. The number of carboxylic acids is 1. The average molecular weight is 242 g/mol. The highest BCUT2D eigenvalue weighted by Crippen LogP contribution is 2.19. The Morgan fingerprint density at radius 2 is 1.76 bits per heavy atom. The molecule has 3 nitrogen and oxygen atoms in total. The summed E-state index contributed by atoms with van der Waals surface area (Å²) in [5, 5.41) is 8.91. The number of benzene rings is 1. The van der Waals surface area contributed by atoms with Crippen molar-refractivity contribution in [2.45, 2.75) is 13.8 Å². The fourth-order valence-corrected chi connectivity index (χ4v) is 1.53. The van der Waals surface area contributed by atoms with Gasteiger partial charge in [-0.2, -0.15) is 0 Å². The minimum Gasteiger partial charge on any atom is -0.481 e. The van der Waals surface area contributed by atoms with Crippen molar-refractivity contribution in [3.05, 3.63) is 35.4 Å². The zero-order valence-electron chi connectivity index (χ0n) is 9.41. The molecule has 1 unspecified atom stereocenters. The molecule has 1 aromatic rings. The maximum Gasteiger partial charge on any atom is 0.314 e. The van der Waals surface area contributed by atoms with Crippen molar-refractivity contribution in [2.24, 2.45) is 11.8 Å². The lowest BCUT2D eigenvalue weighted by atomic mass is 9.88. The zero-order valence-corrected chi connectivity index (χ0v) is 9.41. The first-order valence-electron chi connectivity index (χ1n) is 5.06. The van der Waals surface area contributed by atoms with E-state index in [1.165, 1.54) is 0 Å². The molecule has 5 heteroatoms. The van der Waals surface area contributed by atoms with Crippen molar-refractivity contribution in [3.8, 4) is 0 Å². The predicted molar refractivity (Wildman–Crippen MR) is 56.7 cm³/mol. The minimum atomic E-state index is -1.27. The SMILES string of the molecule is CC(C)C(C(=O)O)C(=O)c1ccc(F)c(F)c1. The summed E-state index contributed by atoms with van der Waals surface area (Å²) in [5.41, 5.74) is -0.134. The molecule has 0 heterocycles. The third-order valence-electron chi connectivity index (χ3n) is 2.42. The Hall–Kier alpha value is -1.78. The molecule has 0 saturated heterocycles. The highest BCUT2D eigenvalue weighted by Gasteiger charge is 2.30. The van der Waals surface area contributed by atoms with Gasteiger partial charge in [0.05, 0.1) is 0 Å². The van der Waals surface area contributed by atoms with Crippen LogP contribution in [0.5, 0.6) is 0 Å². The second-order valence-corrected chi connectivity index (χ2v) is 4.05. The molecule has 0 aliphatic carbocycles. The van der Waals surface area contributed by atoms with Gasteiger partial charge in [0.25, 0.3) is 0 Å². The fourth-order valence-electron chi connectivity index (χ4n) is 1.53. The van der Waals surface area contributed by atoms with Gasteiger partial charge in [-0.25, -0.2) is 8.78 Å². The summed E-state index contributed by atoms with van der Waals surface area (Å²) in [6, 6.07) is 2.61. The zero-order chi connectivity index (χ0) is 13.2. The summed E-state index contributed by atoms with van der Waals surface area (Å²) in [7, 11) is 0. The summed E-state index contributed by atoms with van der Waals surface area (Å²) in [5.74, 6) is -5.89. The molecule has 0 bridgehead atoms. The summed E-state index contributed by atoms with van der Waals surface area (Å²) in [6.45, 7) is 3.16. The second-order valence-electron chi connectivity index (χ2n) is 4.05. The minimum absolute atomic E-state index is 0.134. The van der Waals surface area contributed by atoms with Crippen LogP contribution in [0, 0.1) is 23.5 Å². The summed E-state index contributed by atoms with van der Waals surface area (Å²) in [4.78, 5) is 22.7. The van der Waals surface area contributed by atoms with Crippen molar-refractivity contribution in [1.29, 1.82) is 0 Å². The fraction of sp³-hybridized carbons (Fsp3) is 0.333. The topological polar surface area (TPSA) is 54.4 Å². The molecule has 0 fully saturated rings. The van der Waals surface area contributed by atoms with Gasteiger partial charge in [0, 0.05) is 5.56 Å². The van der Waals surface area contributed by atoms with E-state index in [-0.39, 0.29) is 5.56 Å². The highest BCUT2D eigenvalue weighted by molar-refractivity contribution is 6.08. The molecule has 1 aromatic carbocycles. The van der Waals surface area contributed by atoms with E-state index in [9.17, 15) is 18.4 Å². The van der Waals surface area contributed by atoms with Crippen molar-refractivity contribution in [1.82, 2.24) is 0 Å². The first kappa shape index (κ1) is 13.3. The Bertz CT molecular complexity index is 455. The molecular weight excluding hydrogens is 230 g/mol. The number of rotatable bonds is 4. The number of carbonyl (C=O) groups excluding carboxylic acids is 1. The van der Waals surface area contributed by atoms with Crippen molar-refractivity contribution < 1.29 is 23.5 Å². The van der Waals surface area contributed by atoms with Crippen LogP contribution in [0.2, 0.25) is 0 Å². The van der Waals surface area contributed by atoms with Crippen LogP contribution in [0.1, 0.15) is 24.2 Å². The van der Waals surface area contributed by atoms with E-state index in [0.717, 1.165) is 18.2 Å². The lowest BCUT2D eigenvalue weighted by Crippen LogP contribution is -2.28. The molecule has 1 N–H and O–H groups in total. The molecule has 17 heavy (non-hydrogen) atoms. The Kier molecular flexibility index (Phi) is 3.93. The van der Waals surface area contributed by atoms with E-state index in [0.29, 0.717) is 0 Å². The summed E-state index contributed by atoms with van der Waals surface area (Å²) >= 11 is 0. The maximum absolute atomic E-state index is 12.9. The van der Waals surface area contributed by atoms with Gasteiger partial charge in [-0.05, 0) is 24.1 Å². The molecule has 0 aromatic heterocycles. The van der Waals surface area contributed by atoms with Crippen molar-refractivity contribution >= 4 is 11.8 Å². The van der Waals surface area contributed by atoms with E-state index < -0.39 is 35.2 Å². The van der Waals surface area contributed by atoms with Gasteiger partial charge in [0.2, 0.25) is 0 Å². The predicted octanol–water partition coefficient (Wildman–Crippen LogP) is 2.50. The van der Waals surface area contributed by atoms with E-state index in [2.05, 4.69) is 0 Å². The van der Waals surface area contributed by atoms with Crippen molar-refractivity contribution in [3.63, 3.8) is 0 Å². The Morgan fingerprint density at radius 1 is 1.18 bits per heavy atom.